The molecule has 0 saturated carbocycles. The topological polar surface area (TPSA) is 89.0 Å². The molecule has 3 aromatic carbocycles. The van der Waals surface area contributed by atoms with Gasteiger partial charge >= 0.3 is 0 Å². The summed E-state index contributed by atoms with van der Waals surface area (Å²) in [5.74, 6) is -0.0527. The Bertz CT molecular complexity index is 1390. The number of aliphatic imine (C=N–C) groups is 1. The number of thioether (sulfide) groups is 1. The Morgan fingerprint density at radius 2 is 1.86 bits per heavy atom. The van der Waals surface area contributed by atoms with E-state index in [1.807, 2.05) is 50.2 Å². The molecule has 2 N–H and O–H groups in total. The molecule has 3 aromatic rings. The number of anilines is 1. The van der Waals surface area contributed by atoms with Gasteiger partial charge in [0.1, 0.15) is 0 Å². The van der Waals surface area contributed by atoms with Gasteiger partial charge < -0.3 is 20.1 Å². The number of benzene rings is 3. The summed E-state index contributed by atoms with van der Waals surface area (Å²) in [6.07, 6.45) is 1.69. The van der Waals surface area contributed by atoms with Crippen molar-refractivity contribution in [3.05, 3.63) is 86.7 Å². The van der Waals surface area contributed by atoms with Crippen LogP contribution < -0.4 is 20.1 Å². The SMILES string of the molecule is CCOc1cc(/C=C2\SC(=Nc3ccccc3)NC2=O)cc(Cl)c1OCC(=O)Nc1ccc(C)c(Cl)c1. The standard InChI is InChI=1S/C27H23Cl2N3O4S/c1-3-35-22-12-17(13-23-26(34)32-27(37-23)31-18-7-5-4-6-8-18)11-21(29)25(22)36-15-24(33)30-19-10-9-16(2)20(28)14-19/h4-14H,3,15H2,1-2H3,(H,30,33)(H,31,32,34)/b23-13-. The van der Waals surface area contributed by atoms with Crippen LogP contribution in [-0.2, 0) is 9.59 Å². The molecular formula is C27H23Cl2N3O4S. The fraction of sp³-hybridized carbons (Fsp3) is 0.148. The number of hydrogen-bond acceptors (Lipinski definition) is 6. The maximum Gasteiger partial charge on any atom is 0.264 e. The normalized spacial score (nSPS) is 15.1. The number of amides is 2. The highest BCUT2D eigenvalue weighted by atomic mass is 35.5. The first-order valence-electron chi connectivity index (χ1n) is 11.3. The van der Waals surface area contributed by atoms with Crippen molar-refractivity contribution in [2.24, 2.45) is 4.99 Å². The van der Waals surface area contributed by atoms with Crippen molar-refractivity contribution < 1.29 is 19.1 Å². The average Bonchev–Trinajstić information content (AvgIpc) is 3.20. The minimum atomic E-state index is -0.381. The van der Waals surface area contributed by atoms with E-state index in [4.69, 9.17) is 32.7 Å². The van der Waals surface area contributed by atoms with Gasteiger partial charge in [0, 0.05) is 10.7 Å². The van der Waals surface area contributed by atoms with Gasteiger partial charge in [-0.15, -0.1) is 0 Å². The molecule has 1 aliphatic rings. The first-order valence-corrected chi connectivity index (χ1v) is 12.9. The Kier molecular flexibility index (Phi) is 8.76. The Hall–Kier alpha value is -3.46. The van der Waals surface area contributed by atoms with Crippen LogP contribution in [0.25, 0.3) is 6.08 Å². The smallest absolute Gasteiger partial charge is 0.264 e. The van der Waals surface area contributed by atoms with Gasteiger partial charge in [0.15, 0.2) is 23.3 Å². The van der Waals surface area contributed by atoms with E-state index in [0.29, 0.717) is 38.7 Å². The lowest BCUT2D eigenvalue weighted by atomic mass is 10.2. The predicted octanol–water partition coefficient (Wildman–Crippen LogP) is 6.61. The van der Waals surface area contributed by atoms with Crippen LogP contribution in [0.3, 0.4) is 0 Å². The van der Waals surface area contributed by atoms with Gasteiger partial charge in [0.05, 0.1) is 22.2 Å². The lowest BCUT2D eigenvalue weighted by Crippen LogP contribution is -2.20. The molecule has 0 spiro atoms. The summed E-state index contributed by atoms with van der Waals surface area (Å²) in [5, 5.41) is 6.78. The number of nitrogens with zero attached hydrogens (tertiary/aromatic N) is 1. The van der Waals surface area contributed by atoms with Gasteiger partial charge in [-0.1, -0.05) is 47.5 Å². The highest BCUT2D eigenvalue weighted by Crippen LogP contribution is 2.38. The van der Waals surface area contributed by atoms with Crippen molar-refractivity contribution in [1.82, 2.24) is 5.32 Å². The number of carbonyl (C=O) groups excluding carboxylic acids is 2. The van der Waals surface area contributed by atoms with Gasteiger partial charge in [0.25, 0.3) is 11.8 Å². The molecular weight excluding hydrogens is 533 g/mol. The van der Waals surface area contributed by atoms with Crippen LogP contribution >= 0.6 is 35.0 Å². The molecule has 2 amide bonds. The van der Waals surface area contributed by atoms with Crippen LogP contribution in [0.2, 0.25) is 10.0 Å². The van der Waals surface area contributed by atoms with E-state index in [1.165, 1.54) is 11.8 Å². The molecule has 0 unspecified atom stereocenters. The van der Waals surface area contributed by atoms with Crippen molar-refractivity contribution in [1.29, 1.82) is 0 Å². The van der Waals surface area contributed by atoms with Crippen molar-refractivity contribution in [2.45, 2.75) is 13.8 Å². The van der Waals surface area contributed by atoms with E-state index in [2.05, 4.69) is 15.6 Å². The van der Waals surface area contributed by atoms with Gasteiger partial charge in [-0.2, -0.15) is 0 Å². The fourth-order valence-electron chi connectivity index (χ4n) is 3.33. The zero-order valence-electron chi connectivity index (χ0n) is 20.0. The van der Waals surface area contributed by atoms with E-state index in [0.717, 1.165) is 11.3 Å². The third-order valence-electron chi connectivity index (χ3n) is 5.07. The number of ether oxygens (including phenoxy) is 2. The second kappa shape index (κ2) is 12.2. The Morgan fingerprint density at radius 1 is 1.08 bits per heavy atom. The molecule has 1 aliphatic heterocycles. The first kappa shape index (κ1) is 26.6. The number of rotatable bonds is 8. The van der Waals surface area contributed by atoms with E-state index in [-0.39, 0.29) is 29.2 Å². The lowest BCUT2D eigenvalue weighted by Gasteiger charge is -2.15. The minimum absolute atomic E-state index is 0.234. The van der Waals surface area contributed by atoms with Crippen LogP contribution in [0.5, 0.6) is 11.5 Å². The third kappa shape index (κ3) is 7.07. The summed E-state index contributed by atoms with van der Waals surface area (Å²) in [4.78, 5) is 29.8. The molecule has 0 aliphatic carbocycles. The van der Waals surface area contributed by atoms with Crippen molar-refractivity contribution in [3.63, 3.8) is 0 Å². The molecule has 10 heteroatoms. The molecule has 0 atom stereocenters. The van der Waals surface area contributed by atoms with E-state index >= 15 is 0 Å². The molecule has 1 saturated heterocycles. The number of halogens is 2. The summed E-state index contributed by atoms with van der Waals surface area (Å²) >= 11 is 13.8. The molecule has 0 bridgehead atoms. The average molecular weight is 556 g/mol. The van der Waals surface area contributed by atoms with Crippen molar-refractivity contribution >= 4 is 69.4 Å². The van der Waals surface area contributed by atoms with E-state index in [1.54, 1.807) is 30.3 Å². The largest absolute Gasteiger partial charge is 0.490 e. The number of nitrogens with one attached hydrogen (secondary N) is 2. The Labute approximate surface area is 228 Å². The van der Waals surface area contributed by atoms with E-state index < -0.39 is 0 Å². The maximum atomic E-state index is 12.5. The van der Waals surface area contributed by atoms with Gasteiger partial charge in [0.2, 0.25) is 0 Å². The highest BCUT2D eigenvalue weighted by molar-refractivity contribution is 8.18. The molecule has 1 heterocycles. The summed E-state index contributed by atoms with van der Waals surface area (Å²) in [5.41, 5.74) is 2.85. The molecule has 0 aromatic heterocycles. The lowest BCUT2D eigenvalue weighted by molar-refractivity contribution is -0.118. The molecule has 190 valence electrons. The molecule has 4 rings (SSSR count). The van der Waals surface area contributed by atoms with Crippen LogP contribution in [-0.4, -0.2) is 30.2 Å². The summed E-state index contributed by atoms with van der Waals surface area (Å²) < 4.78 is 11.4. The molecule has 7 nitrogen and oxygen atoms in total. The summed E-state index contributed by atoms with van der Waals surface area (Å²) in [7, 11) is 0. The maximum absolute atomic E-state index is 12.5. The second-order valence-corrected chi connectivity index (χ2v) is 9.73. The Balaban J connectivity index is 1.48. The van der Waals surface area contributed by atoms with Crippen LogP contribution in [0.1, 0.15) is 18.1 Å². The van der Waals surface area contributed by atoms with Crippen molar-refractivity contribution in [2.75, 3.05) is 18.5 Å². The zero-order valence-corrected chi connectivity index (χ0v) is 22.3. The second-order valence-electron chi connectivity index (χ2n) is 7.88. The molecule has 37 heavy (non-hydrogen) atoms. The molecule has 1 fully saturated rings. The van der Waals surface area contributed by atoms with E-state index in [9.17, 15) is 9.59 Å². The minimum Gasteiger partial charge on any atom is -0.490 e. The number of para-hydroxylation sites is 1. The van der Waals surface area contributed by atoms with Gasteiger partial charge in [-0.3, -0.25) is 9.59 Å². The van der Waals surface area contributed by atoms with Crippen LogP contribution in [0.4, 0.5) is 11.4 Å². The zero-order chi connectivity index (χ0) is 26.4. The Morgan fingerprint density at radius 3 is 2.59 bits per heavy atom. The number of amidine groups is 1. The number of aryl methyl sites for hydroxylation is 1. The third-order valence-corrected chi connectivity index (χ3v) is 6.67. The predicted molar refractivity (Wildman–Crippen MR) is 150 cm³/mol. The van der Waals surface area contributed by atoms with Gasteiger partial charge in [-0.05, 0) is 79.2 Å². The summed E-state index contributed by atoms with van der Waals surface area (Å²) in [6, 6.07) is 17.9. The fourth-order valence-corrected chi connectivity index (χ4v) is 4.63. The first-order chi connectivity index (χ1) is 17.8. The van der Waals surface area contributed by atoms with Gasteiger partial charge in [-0.25, -0.2) is 4.99 Å². The quantitative estimate of drug-likeness (QED) is 0.305. The highest BCUT2D eigenvalue weighted by Gasteiger charge is 2.24. The number of carbonyl (C=O) groups is 2. The van der Waals surface area contributed by atoms with Crippen LogP contribution in [0, 0.1) is 6.92 Å². The number of hydrogen-bond donors (Lipinski definition) is 2. The van der Waals surface area contributed by atoms with Crippen molar-refractivity contribution in [3.8, 4) is 11.5 Å². The molecule has 0 radical (unpaired) electrons. The van der Waals surface area contributed by atoms with Crippen LogP contribution in [0.15, 0.2) is 70.6 Å². The monoisotopic (exact) mass is 555 g/mol. The summed E-state index contributed by atoms with van der Waals surface area (Å²) in [6.45, 7) is 3.76.